The third-order valence-electron chi connectivity index (χ3n) is 4.54. The van der Waals surface area contributed by atoms with Gasteiger partial charge in [0.1, 0.15) is 18.1 Å². The summed E-state index contributed by atoms with van der Waals surface area (Å²) in [6, 6.07) is 5.51. The third kappa shape index (κ3) is 5.06. The van der Waals surface area contributed by atoms with Crippen molar-refractivity contribution in [3.8, 4) is 5.75 Å². The first-order valence-electron chi connectivity index (χ1n) is 8.32. The Hall–Kier alpha value is -0.885. The van der Waals surface area contributed by atoms with E-state index >= 15 is 0 Å². The van der Waals surface area contributed by atoms with Gasteiger partial charge in [0.25, 0.3) is 0 Å². The Bertz CT molecular complexity index is 633. The fourth-order valence-corrected chi connectivity index (χ4v) is 2.65. The lowest BCUT2D eigenvalue weighted by atomic mass is 9.86. The van der Waals surface area contributed by atoms with Gasteiger partial charge in [-0.05, 0) is 66.1 Å². The summed E-state index contributed by atoms with van der Waals surface area (Å²) in [5.41, 5.74) is -0.995. The Balaban J connectivity index is 2.20. The maximum atomic E-state index is 14.8. The van der Waals surface area contributed by atoms with E-state index in [1.54, 1.807) is 0 Å². The minimum Gasteiger partial charge on any atom is -0.492 e. The molecule has 0 radical (unpaired) electrons. The molecule has 1 saturated heterocycles. The summed E-state index contributed by atoms with van der Waals surface area (Å²) in [6.07, 6.45) is 1.41. The molecule has 1 aliphatic heterocycles. The molecule has 0 unspecified atom stereocenters. The molecule has 1 fully saturated rings. The second-order valence-electron chi connectivity index (χ2n) is 7.45. The van der Waals surface area contributed by atoms with Gasteiger partial charge >= 0.3 is 7.12 Å². The summed E-state index contributed by atoms with van der Waals surface area (Å²) in [5, 5.41) is 0. The Kier molecular flexibility index (Phi) is 6.36. The fraction of sp³-hybridized carbons (Fsp3) is 0.556. The summed E-state index contributed by atoms with van der Waals surface area (Å²) in [6.45, 7) is 8.89. The van der Waals surface area contributed by atoms with Crippen molar-refractivity contribution < 1.29 is 18.4 Å². The molecule has 0 N–H and O–H groups in total. The van der Waals surface area contributed by atoms with Crippen LogP contribution in [0.5, 0.6) is 5.75 Å². The van der Waals surface area contributed by atoms with E-state index in [2.05, 4.69) is 15.9 Å². The summed E-state index contributed by atoms with van der Waals surface area (Å²) in [5.74, 6) is 0.622. The van der Waals surface area contributed by atoms with Crippen molar-refractivity contribution >= 4 is 29.1 Å². The number of hydrogen-bond donors (Lipinski definition) is 0. The molecule has 25 heavy (non-hydrogen) atoms. The van der Waals surface area contributed by atoms with Crippen molar-refractivity contribution in [2.45, 2.75) is 38.9 Å². The number of benzene rings is 1. The number of ether oxygens (including phenoxy) is 1. The molecule has 0 aromatic heterocycles. The van der Waals surface area contributed by atoms with Crippen LogP contribution in [-0.2, 0) is 9.31 Å². The zero-order chi connectivity index (χ0) is 18.8. The van der Waals surface area contributed by atoms with E-state index in [9.17, 15) is 4.39 Å². The van der Waals surface area contributed by atoms with Crippen LogP contribution in [0, 0.1) is 0 Å². The highest BCUT2D eigenvalue weighted by molar-refractivity contribution is 9.10. The second-order valence-corrected chi connectivity index (χ2v) is 8.37. The smallest absolute Gasteiger partial charge is 0.492 e. The first kappa shape index (κ1) is 20.4. The highest BCUT2D eigenvalue weighted by atomic mass is 79.9. The lowest BCUT2D eigenvalue weighted by molar-refractivity contribution is 0.00578. The number of rotatable bonds is 6. The molecule has 7 heteroatoms. The zero-order valence-corrected chi connectivity index (χ0v) is 17.3. The van der Waals surface area contributed by atoms with E-state index in [4.69, 9.17) is 14.0 Å². The Morgan fingerprint density at radius 1 is 1.24 bits per heavy atom. The predicted molar refractivity (Wildman–Crippen MR) is 103 cm³/mol. The number of hydrogen-bond acceptors (Lipinski definition) is 4. The normalized spacial score (nSPS) is 19.6. The van der Waals surface area contributed by atoms with Crippen LogP contribution in [0.15, 0.2) is 28.4 Å². The molecule has 0 bridgehead atoms. The molecule has 0 amide bonds. The lowest BCUT2D eigenvalue weighted by Crippen LogP contribution is -2.41. The fourth-order valence-electron chi connectivity index (χ4n) is 2.27. The highest BCUT2D eigenvalue weighted by Crippen LogP contribution is 2.39. The van der Waals surface area contributed by atoms with E-state index in [1.165, 1.54) is 6.08 Å². The zero-order valence-electron chi connectivity index (χ0n) is 15.7. The largest absolute Gasteiger partial charge is 0.525 e. The standard InChI is InChI=1S/C18H26BBrFNO3/c1-17(2)18(3,4)25-19(24-17)16(21)12-13-11-14(20)7-8-15(13)23-10-9-22(5)6/h7-8,11-12H,9-10H2,1-6H3. The van der Waals surface area contributed by atoms with Crippen molar-refractivity contribution in [2.24, 2.45) is 0 Å². The van der Waals surface area contributed by atoms with Crippen molar-refractivity contribution in [1.29, 1.82) is 0 Å². The molecule has 4 nitrogen and oxygen atoms in total. The van der Waals surface area contributed by atoms with Gasteiger partial charge in [-0.25, -0.2) is 4.39 Å². The first-order valence-corrected chi connectivity index (χ1v) is 9.11. The summed E-state index contributed by atoms with van der Waals surface area (Å²) in [7, 11) is 2.94. The molecule has 1 aromatic rings. The van der Waals surface area contributed by atoms with Crippen LogP contribution >= 0.6 is 15.9 Å². The minimum absolute atomic E-state index is 0.478. The van der Waals surface area contributed by atoms with Crippen LogP contribution in [-0.4, -0.2) is 50.5 Å². The Labute approximate surface area is 158 Å². The van der Waals surface area contributed by atoms with Gasteiger partial charge in [-0.2, -0.15) is 0 Å². The summed E-state index contributed by atoms with van der Waals surface area (Å²) in [4.78, 5) is 2.03. The Morgan fingerprint density at radius 2 is 1.84 bits per heavy atom. The van der Waals surface area contributed by atoms with Crippen LogP contribution < -0.4 is 4.74 Å². The lowest BCUT2D eigenvalue weighted by Gasteiger charge is -2.32. The van der Waals surface area contributed by atoms with Crippen molar-refractivity contribution in [3.05, 3.63) is 34.0 Å². The average molecular weight is 414 g/mol. The van der Waals surface area contributed by atoms with Crippen LogP contribution in [0.25, 0.3) is 6.08 Å². The van der Waals surface area contributed by atoms with E-state index in [1.807, 2.05) is 64.9 Å². The second kappa shape index (κ2) is 7.78. The number of halogens is 2. The van der Waals surface area contributed by atoms with Gasteiger partial charge in [0, 0.05) is 16.6 Å². The van der Waals surface area contributed by atoms with Crippen molar-refractivity contribution in [2.75, 3.05) is 27.2 Å². The molecule has 0 aliphatic carbocycles. The van der Waals surface area contributed by atoms with Crippen molar-refractivity contribution in [1.82, 2.24) is 4.90 Å². The molecule has 0 spiro atoms. The maximum absolute atomic E-state index is 14.8. The third-order valence-corrected chi connectivity index (χ3v) is 5.03. The van der Waals surface area contributed by atoms with Gasteiger partial charge in [-0.1, -0.05) is 15.9 Å². The van der Waals surface area contributed by atoms with E-state index in [0.717, 1.165) is 11.0 Å². The Morgan fingerprint density at radius 3 is 2.40 bits per heavy atom. The highest BCUT2D eigenvalue weighted by Gasteiger charge is 2.53. The van der Waals surface area contributed by atoms with Crippen LogP contribution in [0.2, 0.25) is 0 Å². The quantitative estimate of drug-likeness (QED) is 0.649. The first-order chi connectivity index (χ1) is 11.5. The van der Waals surface area contributed by atoms with Crippen LogP contribution in [0.1, 0.15) is 33.3 Å². The van der Waals surface area contributed by atoms with Crippen LogP contribution in [0.4, 0.5) is 4.39 Å². The molecule has 0 atom stereocenters. The number of likely N-dealkylation sites (N-methyl/N-ethyl adjacent to an activating group) is 1. The number of nitrogens with zero attached hydrogens (tertiary/aromatic N) is 1. The predicted octanol–water partition coefficient (Wildman–Crippen LogP) is 4.33. The van der Waals surface area contributed by atoms with Crippen LogP contribution in [0.3, 0.4) is 0 Å². The molecule has 0 saturated carbocycles. The molecular formula is C18H26BBrFNO3. The van der Waals surface area contributed by atoms with E-state index < -0.39 is 24.0 Å². The van der Waals surface area contributed by atoms with Gasteiger partial charge in [0.05, 0.1) is 11.2 Å². The summed E-state index contributed by atoms with van der Waals surface area (Å²) < 4.78 is 32.9. The SMILES string of the molecule is CN(C)CCOc1ccc(Br)cc1C=C(F)B1OC(C)(C)C(C)(C)O1. The maximum Gasteiger partial charge on any atom is 0.525 e. The summed E-state index contributed by atoms with van der Waals surface area (Å²) >= 11 is 3.42. The van der Waals surface area contributed by atoms with Gasteiger partial charge < -0.3 is 18.9 Å². The van der Waals surface area contributed by atoms with Gasteiger partial charge in [0.2, 0.25) is 0 Å². The molecular weight excluding hydrogens is 388 g/mol. The molecule has 2 rings (SSSR count). The average Bonchev–Trinajstić information content (AvgIpc) is 2.69. The molecule has 1 aromatic carbocycles. The molecule has 1 aliphatic rings. The van der Waals surface area contributed by atoms with Gasteiger partial charge in [-0.15, -0.1) is 0 Å². The van der Waals surface area contributed by atoms with E-state index in [0.29, 0.717) is 17.9 Å². The topological polar surface area (TPSA) is 30.9 Å². The molecule has 138 valence electrons. The minimum atomic E-state index is -1.02. The monoisotopic (exact) mass is 413 g/mol. The van der Waals surface area contributed by atoms with E-state index in [-0.39, 0.29) is 0 Å². The molecule has 1 heterocycles. The van der Waals surface area contributed by atoms with Gasteiger partial charge in [0.15, 0.2) is 0 Å². The van der Waals surface area contributed by atoms with Gasteiger partial charge in [-0.3, -0.25) is 0 Å². The van der Waals surface area contributed by atoms with Crippen molar-refractivity contribution in [3.63, 3.8) is 0 Å².